The van der Waals surface area contributed by atoms with Crippen LogP contribution in [0.4, 0.5) is 0 Å². The maximum absolute atomic E-state index is 12.0. The van der Waals surface area contributed by atoms with Crippen molar-refractivity contribution in [1.29, 1.82) is 0 Å². The van der Waals surface area contributed by atoms with Gasteiger partial charge >= 0.3 is 16.3 Å². The van der Waals surface area contributed by atoms with Crippen LogP contribution in [0.3, 0.4) is 0 Å². The average molecular weight is 276 g/mol. The molecule has 1 aromatic rings. The van der Waals surface area contributed by atoms with Gasteiger partial charge in [0.15, 0.2) is 0 Å². The maximum atomic E-state index is 12.0. The van der Waals surface area contributed by atoms with Crippen molar-refractivity contribution in [2.45, 2.75) is 18.0 Å². The lowest BCUT2D eigenvalue weighted by Gasteiger charge is -2.26. The summed E-state index contributed by atoms with van der Waals surface area (Å²) >= 11 is 0. The summed E-state index contributed by atoms with van der Waals surface area (Å²) in [6, 6.07) is 6.17. The smallest absolute Gasteiger partial charge is 0.306 e. The fraction of sp³-hybridized carbons (Fsp3) is 0.455. The molecule has 1 rings (SSSR count). The lowest BCUT2D eigenvalue weighted by atomic mass is 10.2. The zero-order valence-electron chi connectivity index (χ0n) is 10.7. The summed E-state index contributed by atoms with van der Waals surface area (Å²) in [5.74, 6) is 0. The van der Waals surface area contributed by atoms with E-state index in [4.69, 9.17) is 18.4 Å². The Balaban J connectivity index is 3.04. The molecule has 0 saturated carbocycles. The molecule has 0 unspecified atom stereocenters. The van der Waals surface area contributed by atoms with Crippen molar-refractivity contribution in [2.24, 2.45) is 0 Å². The van der Waals surface area contributed by atoms with Crippen LogP contribution in [-0.4, -0.2) is 35.9 Å². The van der Waals surface area contributed by atoms with Crippen molar-refractivity contribution in [3.8, 4) is 0 Å². The maximum Gasteiger partial charge on any atom is 0.426 e. The van der Waals surface area contributed by atoms with E-state index in [1.54, 1.807) is 12.1 Å². The molecule has 7 heteroatoms. The summed E-state index contributed by atoms with van der Waals surface area (Å²) in [6.45, 7) is 1.85. The fourth-order valence-electron chi connectivity index (χ4n) is 1.24. The highest BCUT2D eigenvalue weighted by molar-refractivity contribution is 7.86. The molecule has 102 valence electrons. The molecule has 0 fully saturated rings. The Kier molecular flexibility index (Phi) is 4.83. The molecular formula is C11H16O6S. The first-order valence-electron chi connectivity index (χ1n) is 5.07. The topological polar surface area (TPSA) is 71.1 Å². The average Bonchev–Trinajstić information content (AvgIpc) is 2.37. The van der Waals surface area contributed by atoms with Crippen LogP contribution in [0.2, 0.25) is 0 Å². The Morgan fingerprint density at radius 1 is 0.944 bits per heavy atom. The number of methoxy groups -OCH3 is 3. The van der Waals surface area contributed by atoms with E-state index < -0.39 is 16.3 Å². The molecule has 0 aliphatic rings. The first-order valence-corrected chi connectivity index (χ1v) is 6.47. The molecule has 0 saturated heterocycles. The van der Waals surface area contributed by atoms with Crippen molar-refractivity contribution >= 4 is 10.1 Å². The van der Waals surface area contributed by atoms with E-state index in [0.717, 1.165) is 5.56 Å². The van der Waals surface area contributed by atoms with Crippen LogP contribution in [0.1, 0.15) is 5.56 Å². The summed E-state index contributed by atoms with van der Waals surface area (Å²) in [4.78, 5) is -0.0105. The zero-order valence-corrected chi connectivity index (χ0v) is 11.5. The molecule has 0 aromatic heterocycles. The van der Waals surface area contributed by atoms with Gasteiger partial charge in [-0.1, -0.05) is 17.7 Å². The van der Waals surface area contributed by atoms with E-state index in [1.807, 2.05) is 6.92 Å². The van der Waals surface area contributed by atoms with Gasteiger partial charge in [0.25, 0.3) is 0 Å². The molecule has 0 heterocycles. The van der Waals surface area contributed by atoms with Gasteiger partial charge in [-0.2, -0.15) is 12.6 Å². The predicted octanol–water partition coefficient (Wildman–Crippen LogP) is 1.25. The fourth-order valence-corrected chi connectivity index (χ4v) is 2.28. The first-order chi connectivity index (χ1) is 8.39. The number of hydrogen-bond acceptors (Lipinski definition) is 6. The van der Waals surface area contributed by atoms with E-state index in [2.05, 4.69) is 0 Å². The van der Waals surface area contributed by atoms with Crippen LogP contribution in [-0.2, 0) is 28.5 Å². The number of rotatable bonds is 6. The van der Waals surface area contributed by atoms with Crippen molar-refractivity contribution in [3.63, 3.8) is 0 Å². The molecule has 18 heavy (non-hydrogen) atoms. The van der Waals surface area contributed by atoms with Crippen LogP contribution in [0.25, 0.3) is 0 Å². The minimum atomic E-state index is -4.05. The van der Waals surface area contributed by atoms with Crippen molar-refractivity contribution in [1.82, 2.24) is 0 Å². The minimum Gasteiger partial charge on any atom is -0.306 e. The standard InChI is InChI=1S/C11H16O6S/c1-9-5-7-10(8-6-9)18(12,13)17-11(14-2,15-3)16-4/h5-8H,1-4H3. The monoisotopic (exact) mass is 276 g/mol. The summed E-state index contributed by atoms with van der Waals surface area (Å²) in [5, 5.41) is 0. The Bertz CT molecular complexity index is 466. The number of hydrogen-bond donors (Lipinski definition) is 0. The minimum absolute atomic E-state index is 0.0105. The number of ether oxygens (including phenoxy) is 3. The summed E-state index contributed by atoms with van der Waals surface area (Å²) in [5.41, 5.74) is 0.936. The summed E-state index contributed by atoms with van der Waals surface area (Å²) < 4.78 is 43.1. The van der Waals surface area contributed by atoms with E-state index in [1.165, 1.54) is 33.5 Å². The van der Waals surface area contributed by atoms with Crippen LogP contribution >= 0.6 is 0 Å². The highest BCUT2D eigenvalue weighted by atomic mass is 32.2. The summed E-state index contributed by atoms with van der Waals surface area (Å²) in [6.07, 6.45) is -2.08. The molecule has 0 amide bonds. The van der Waals surface area contributed by atoms with Gasteiger partial charge in [-0.15, -0.1) is 0 Å². The van der Waals surface area contributed by atoms with Crippen molar-refractivity contribution in [2.75, 3.05) is 21.3 Å². The van der Waals surface area contributed by atoms with Crippen LogP contribution in [0.15, 0.2) is 29.2 Å². The lowest BCUT2D eigenvalue weighted by Crippen LogP contribution is -2.41. The van der Waals surface area contributed by atoms with Gasteiger partial charge in [0.1, 0.15) is 0 Å². The van der Waals surface area contributed by atoms with Crippen LogP contribution in [0, 0.1) is 6.92 Å². The van der Waals surface area contributed by atoms with E-state index in [9.17, 15) is 8.42 Å². The quantitative estimate of drug-likeness (QED) is 0.575. The Morgan fingerprint density at radius 3 is 1.78 bits per heavy atom. The zero-order chi connectivity index (χ0) is 13.8. The molecule has 0 spiro atoms. The second kappa shape index (κ2) is 5.77. The molecule has 0 bridgehead atoms. The molecular weight excluding hydrogens is 260 g/mol. The highest BCUT2D eigenvalue weighted by Crippen LogP contribution is 2.22. The van der Waals surface area contributed by atoms with Crippen molar-refractivity contribution in [3.05, 3.63) is 29.8 Å². The van der Waals surface area contributed by atoms with Gasteiger partial charge in [0, 0.05) is 21.3 Å². The second-order valence-electron chi connectivity index (χ2n) is 3.46. The van der Waals surface area contributed by atoms with Gasteiger partial charge in [0.2, 0.25) is 0 Å². The van der Waals surface area contributed by atoms with Gasteiger partial charge in [-0.3, -0.25) is 0 Å². The Morgan fingerprint density at radius 2 is 1.39 bits per heavy atom. The molecule has 0 atom stereocenters. The van der Waals surface area contributed by atoms with Crippen LogP contribution < -0.4 is 0 Å². The first kappa shape index (κ1) is 15.1. The van der Waals surface area contributed by atoms with Gasteiger partial charge in [-0.05, 0) is 19.1 Å². The highest BCUT2D eigenvalue weighted by Gasteiger charge is 2.38. The molecule has 0 N–H and O–H groups in total. The second-order valence-corrected chi connectivity index (χ2v) is 5.01. The predicted molar refractivity (Wildman–Crippen MR) is 63.2 cm³/mol. The van der Waals surface area contributed by atoms with E-state index in [0.29, 0.717) is 0 Å². The Labute approximate surface area is 107 Å². The summed E-state index contributed by atoms with van der Waals surface area (Å²) in [7, 11) is -0.428. The SMILES string of the molecule is COC(OC)(OC)OS(=O)(=O)c1ccc(C)cc1. The van der Waals surface area contributed by atoms with Gasteiger partial charge < -0.3 is 14.2 Å². The lowest BCUT2D eigenvalue weighted by molar-refractivity contribution is -0.447. The molecule has 6 nitrogen and oxygen atoms in total. The number of aryl methyl sites for hydroxylation is 1. The number of benzene rings is 1. The van der Waals surface area contributed by atoms with Gasteiger partial charge in [0.05, 0.1) is 4.90 Å². The largest absolute Gasteiger partial charge is 0.426 e. The third-order valence-corrected chi connectivity index (χ3v) is 3.54. The van der Waals surface area contributed by atoms with E-state index >= 15 is 0 Å². The third kappa shape index (κ3) is 3.27. The normalized spacial score (nSPS) is 12.7. The van der Waals surface area contributed by atoms with Gasteiger partial charge in [-0.25, -0.2) is 0 Å². The van der Waals surface area contributed by atoms with E-state index in [-0.39, 0.29) is 4.90 Å². The molecule has 1 aromatic carbocycles. The molecule has 0 radical (unpaired) electrons. The molecule has 0 aliphatic heterocycles. The van der Waals surface area contributed by atoms with Crippen molar-refractivity contribution < 1.29 is 26.8 Å². The van der Waals surface area contributed by atoms with Crippen LogP contribution in [0.5, 0.6) is 0 Å². The Hall–Kier alpha value is -0.990. The third-order valence-electron chi connectivity index (χ3n) is 2.27. The molecule has 0 aliphatic carbocycles.